The van der Waals surface area contributed by atoms with Crippen LogP contribution in [0.15, 0.2) is 30.3 Å². The lowest BCUT2D eigenvalue weighted by Gasteiger charge is -2.47. The summed E-state index contributed by atoms with van der Waals surface area (Å²) in [6, 6.07) is 9.53. The molecule has 0 N–H and O–H groups in total. The number of amides is 2. The molecule has 148 valence electrons. The maximum Gasteiger partial charge on any atom is 0.410 e. The number of ether oxygens (including phenoxy) is 3. The van der Waals surface area contributed by atoms with Crippen molar-refractivity contribution < 1.29 is 23.8 Å². The Bertz CT molecular complexity index is 652. The quantitative estimate of drug-likeness (QED) is 0.811. The Kier molecular flexibility index (Phi) is 5.89. The Hall–Kier alpha value is -2.28. The third-order valence-corrected chi connectivity index (χ3v) is 4.71. The van der Waals surface area contributed by atoms with E-state index in [1.807, 2.05) is 51.1 Å². The van der Waals surface area contributed by atoms with Gasteiger partial charge in [0.25, 0.3) is 0 Å². The fourth-order valence-corrected chi connectivity index (χ4v) is 3.27. The number of carbonyl (C=O) groups is 2. The summed E-state index contributed by atoms with van der Waals surface area (Å²) in [6.07, 6.45) is -0.642. The van der Waals surface area contributed by atoms with Crippen LogP contribution in [0.5, 0.6) is 0 Å². The van der Waals surface area contributed by atoms with Crippen LogP contribution < -0.4 is 0 Å². The molecule has 7 nitrogen and oxygen atoms in total. The average molecular weight is 376 g/mol. The molecule has 0 saturated carbocycles. The van der Waals surface area contributed by atoms with Crippen molar-refractivity contribution in [3.8, 4) is 0 Å². The first-order valence-corrected chi connectivity index (χ1v) is 9.36. The summed E-state index contributed by atoms with van der Waals surface area (Å²) in [5, 5.41) is 0. The molecule has 2 saturated heterocycles. The normalized spacial score (nSPS) is 20.8. The Balaban J connectivity index is 1.52. The van der Waals surface area contributed by atoms with Gasteiger partial charge in [0.1, 0.15) is 12.2 Å². The number of carbonyl (C=O) groups excluding carboxylic acids is 2. The van der Waals surface area contributed by atoms with E-state index >= 15 is 0 Å². The van der Waals surface area contributed by atoms with Gasteiger partial charge in [-0.05, 0) is 26.3 Å². The van der Waals surface area contributed by atoms with Crippen molar-refractivity contribution in [1.82, 2.24) is 9.80 Å². The van der Waals surface area contributed by atoms with E-state index in [0.717, 1.165) is 5.56 Å². The second-order valence-electron chi connectivity index (χ2n) is 8.02. The topological polar surface area (TPSA) is 68.3 Å². The zero-order valence-electron chi connectivity index (χ0n) is 16.2. The molecule has 0 bridgehead atoms. The first-order chi connectivity index (χ1) is 12.8. The van der Waals surface area contributed by atoms with Gasteiger partial charge >= 0.3 is 12.2 Å². The van der Waals surface area contributed by atoms with Gasteiger partial charge in [0.15, 0.2) is 0 Å². The Morgan fingerprint density at radius 2 is 1.85 bits per heavy atom. The van der Waals surface area contributed by atoms with E-state index in [0.29, 0.717) is 32.8 Å². The number of hydrogen-bond donors (Lipinski definition) is 0. The SMILES string of the molecule is CC(C)(C)OC(=O)N1CC(C2COCCN2C(=O)OCc2ccccc2)C1. The van der Waals surface area contributed by atoms with Crippen LogP contribution in [0, 0.1) is 5.92 Å². The monoisotopic (exact) mass is 376 g/mol. The van der Waals surface area contributed by atoms with Crippen molar-refractivity contribution in [2.24, 2.45) is 5.92 Å². The smallest absolute Gasteiger partial charge is 0.410 e. The van der Waals surface area contributed by atoms with Crippen LogP contribution in [0.4, 0.5) is 9.59 Å². The molecule has 3 rings (SSSR count). The van der Waals surface area contributed by atoms with E-state index in [1.54, 1.807) is 9.80 Å². The number of benzene rings is 1. The molecular weight excluding hydrogens is 348 g/mol. The molecule has 2 aliphatic rings. The molecule has 0 aliphatic carbocycles. The minimum absolute atomic E-state index is 0.0827. The minimum Gasteiger partial charge on any atom is -0.445 e. The van der Waals surface area contributed by atoms with E-state index in [9.17, 15) is 9.59 Å². The molecule has 2 amide bonds. The van der Waals surface area contributed by atoms with Gasteiger partial charge in [0, 0.05) is 25.6 Å². The number of rotatable bonds is 3. The number of likely N-dealkylation sites (tertiary alicyclic amines) is 1. The lowest BCUT2D eigenvalue weighted by Crippen LogP contribution is -2.62. The molecule has 0 aromatic heterocycles. The van der Waals surface area contributed by atoms with E-state index < -0.39 is 5.60 Å². The van der Waals surface area contributed by atoms with E-state index in [-0.39, 0.29) is 30.8 Å². The summed E-state index contributed by atoms with van der Waals surface area (Å²) < 4.78 is 16.4. The predicted molar refractivity (Wildman–Crippen MR) is 99.2 cm³/mol. The second-order valence-corrected chi connectivity index (χ2v) is 8.02. The summed E-state index contributed by atoms with van der Waals surface area (Å²) in [7, 11) is 0. The molecule has 2 fully saturated rings. The number of nitrogens with zero attached hydrogens (tertiary/aromatic N) is 2. The van der Waals surface area contributed by atoms with Gasteiger partial charge in [-0.3, -0.25) is 0 Å². The second kappa shape index (κ2) is 8.17. The van der Waals surface area contributed by atoms with Gasteiger partial charge in [-0.15, -0.1) is 0 Å². The third-order valence-electron chi connectivity index (χ3n) is 4.71. The van der Waals surface area contributed by atoms with Gasteiger partial charge < -0.3 is 24.0 Å². The molecule has 1 atom stereocenters. The molecule has 0 spiro atoms. The molecule has 2 aliphatic heterocycles. The fourth-order valence-electron chi connectivity index (χ4n) is 3.27. The third kappa shape index (κ3) is 5.13. The first kappa shape index (κ1) is 19.5. The van der Waals surface area contributed by atoms with Gasteiger partial charge in [-0.2, -0.15) is 0 Å². The molecule has 1 aromatic rings. The number of hydrogen-bond acceptors (Lipinski definition) is 5. The average Bonchev–Trinajstić information content (AvgIpc) is 2.58. The maximum atomic E-state index is 12.6. The lowest BCUT2D eigenvalue weighted by atomic mass is 9.90. The van der Waals surface area contributed by atoms with Crippen molar-refractivity contribution in [2.75, 3.05) is 32.8 Å². The first-order valence-electron chi connectivity index (χ1n) is 9.36. The van der Waals surface area contributed by atoms with E-state index in [2.05, 4.69) is 0 Å². The van der Waals surface area contributed by atoms with Crippen molar-refractivity contribution in [2.45, 2.75) is 39.0 Å². The summed E-state index contributed by atoms with van der Waals surface area (Å²) in [4.78, 5) is 28.1. The van der Waals surface area contributed by atoms with Crippen LogP contribution >= 0.6 is 0 Å². The van der Waals surface area contributed by atoms with Crippen LogP contribution in [-0.2, 0) is 20.8 Å². The molecule has 0 radical (unpaired) electrons. The Morgan fingerprint density at radius 3 is 2.52 bits per heavy atom. The molecule has 27 heavy (non-hydrogen) atoms. The van der Waals surface area contributed by atoms with E-state index in [4.69, 9.17) is 14.2 Å². The van der Waals surface area contributed by atoms with Gasteiger partial charge in [0.2, 0.25) is 0 Å². The lowest BCUT2D eigenvalue weighted by molar-refractivity contribution is -0.0653. The van der Waals surface area contributed by atoms with Crippen molar-refractivity contribution in [1.29, 1.82) is 0 Å². The number of morpholine rings is 1. The fraction of sp³-hybridized carbons (Fsp3) is 0.600. The Morgan fingerprint density at radius 1 is 1.15 bits per heavy atom. The highest BCUT2D eigenvalue weighted by molar-refractivity contribution is 5.70. The zero-order chi connectivity index (χ0) is 19.4. The molecule has 2 heterocycles. The molecule has 7 heteroatoms. The van der Waals surface area contributed by atoms with Gasteiger partial charge in [-0.25, -0.2) is 9.59 Å². The van der Waals surface area contributed by atoms with Crippen LogP contribution in [-0.4, -0.2) is 66.5 Å². The summed E-state index contributed by atoms with van der Waals surface area (Å²) in [6.45, 7) is 8.38. The highest BCUT2D eigenvalue weighted by Crippen LogP contribution is 2.27. The highest BCUT2D eigenvalue weighted by atomic mass is 16.6. The van der Waals surface area contributed by atoms with Crippen molar-refractivity contribution >= 4 is 12.2 Å². The molecular formula is C20H28N2O5. The van der Waals surface area contributed by atoms with Crippen LogP contribution in [0.25, 0.3) is 0 Å². The van der Waals surface area contributed by atoms with Crippen LogP contribution in [0.3, 0.4) is 0 Å². The zero-order valence-corrected chi connectivity index (χ0v) is 16.2. The predicted octanol–water partition coefficient (Wildman–Crippen LogP) is 2.89. The largest absolute Gasteiger partial charge is 0.445 e. The minimum atomic E-state index is -0.511. The van der Waals surface area contributed by atoms with Gasteiger partial charge in [-0.1, -0.05) is 30.3 Å². The molecule has 1 unspecified atom stereocenters. The van der Waals surface area contributed by atoms with Crippen LogP contribution in [0.1, 0.15) is 26.3 Å². The molecule has 1 aromatic carbocycles. The summed E-state index contributed by atoms with van der Waals surface area (Å²) in [5.41, 5.74) is 0.444. The van der Waals surface area contributed by atoms with E-state index in [1.165, 1.54) is 0 Å². The maximum absolute atomic E-state index is 12.6. The highest BCUT2D eigenvalue weighted by Gasteiger charge is 2.43. The summed E-state index contributed by atoms with van der Waals surface area (Å²) >= 11 is 0. The van der Waals surface area contributed by atoms with Crippen molar-refractivity contribution in [3.63, 3.8) is 0 Å². The van der Waals surface area contributed by atoms with Crippen molar-refractivity contribution in [3.05, 3.63) is 35.9 Å². The Labute approximate surface area is 160 Å². The standard InChI is InChI=1S/C20H28N2O5/c1-20(2,3)27-18(23)21-11-16(12-21)17-14-25-10-9-22(17)19(24)26-13-15-7-5-4-6-8-15/h4-8,16-17H,9-14H2,1-3H3. The summed E-state index contributed by atoms with van der Waals surface area (Å²) in [5.74, 6) is 0.169. The van der Waals surface area contributed by atoms with Gasteiger partial charge in [0.05, 0.1) is 19.3 Å². The van der Waals surface area contributed by atoms with Crippen LogP contribution in [0.2, 0.25) is 0 Å².